The molecule has 2 aromatic rings. The average molecular weight is 369 g/mol. The number of hydrogen-bond donors (Lipinski definition) is 1. The standard InChI is InChI=1S/C16H11Cl2FN2O3/c17-11-7-13(18)16(20-8-11)21-14(22)9-24-15(23)6-3-10-1-4-12(19)5-2-10/h1-8H,9H2,(H,20,21,22). The van der Waals surface area contributed by atoms with Gasteiger partial charge in [0.15, 0.2) is 12.4 Å². The Kier molecular flexibility index (Phi) is 6.28. The van der Waals surface area contributed by atoms with Gasteiger partial charge in [0.2, 0.25) is 0 Å². The van der Waals surface area contributed by atoms with Gasteiger partial charge in [-0.2, -0.15) is 0 Å². The number of amides is 1. The third-order valence-electron chi connectivity index (χ3n) is 2.69. The summed E-state index contributed by atoms with van der Waals surface area (Å²) in [4.78, 5) is 27.1. The number of nitrogens with zero attached hydrogens (tertiary/aromatic N) is 1. The van der Waals surface area contributed by atoms with Gasteiger partial charge >= 0.3 is 5.97 Å². The van der Waals surface area contributed by atoms with Gasteiger partial charge in [-0.15, -0.1) is 0 Å². The molecule has 0 fully saturated rings. The second-order valence-electron chi connectivity index (χ2n) is 4.52. The lowest BCUT2D eigenvalue weighted by Gasteiger charge is -2.06. The molecule has 2 rings (SSSR count). The van der Waals surface area contributed by atoms with Gasteiger partial charge in [0.25, 0.3) is 5.91 Å². The van der Waals surface area contributed by atoms with Crippen LogP contribution < -0.4 is 5.32 Å². The SMILES string of the molecule is O=C(COC(=O)C=Cc1ccc(F)cc1)Nc1ncc(Cl)cc1Cl. The maximum atomic E-state index is 12.7. The summed E-state index contributed by atoms with van der Waals surface area (Å²) in [5.74, 6) is -1.58. The fourth-order valence-electron chi connectivity index (χ4n) is 1.60. The molecule has 0 atom stereocenters. The lowest BCUT2D eigenvalue weighted by atomic mass is 10.2. The molecule has 0 radical (unpaired) electrons. The minimum atomic E-state index is -0.718. The molecule has 0 unspecified atom stereocenters. The summed E-state index contributed by atoms with van der Waals surface area (Å²) in [6.07, 6.45) is 3.89. The molecule has 0 bridgehead atoms. The normalized spacial score (nSPS) is 10.6. The molecule has 1 aromatic heterocycles. The van der Waals surface area contributed by atoms with Crippen LogP contribution in [0.2, 0.25) is 10.0 Å². The summed E-state index contributed by atoms with van der Waals surface area (Å²) < 4.78 is 17.5. The smallest absolute Gasteiger partial charge is 0.331 e. The topological polar surface area (TPSA) is 68.3 Å². The number of benzene rings is 1. The Labute approximate surface area is 147 Å². The zero-order chi connectivity index (χ0) is 17.5. The number of ether oxygens (including phenoxy) is 1. The van der Waals surface area contributed by atoms with Crippen LogP contribution in [0, 0.1) is 5.82 Å². The fraction of sp³-hybridized carbons (Fsp3) is 0.0625. The molecule has 1 N–H and O–H groups in total. The van der Waals surface area contributed by atoms with E-state index in [0.717, 1.165) is 6.08 Å². The van der Waals surface area contributed by atoms with E-state index in [9.17, 15) is 14.0 Å². The van der Waals surface area contributed by atoms with Crippen LogP contribution >= 0.6 is 23.2 Å². The van der Waals surface area contributed by atoms with Gasteiger partial charge in [-0.05, 0) is 29.8 Å². The highest BCUT2D eigenvalue weighted by atomic mass is 35.5. The van der Waals surface area contributed by atoms with Crippen molar-refractivity contribution in [3.63, 3.8) is 0 Å². The fourth-order valence-corrected chi connectivity index (χ4v) is 2.02. The van der Waals surface area contributed by atoms with Gasteiger partial charge in [0.1, 0.15) is 5.82 Å². The predicted octanol–water partition coefficient (Wildman–Crippen LogP) is 3.72. The summed E-state index contributed by atoms with van der Waals surface area (Å²) in [6.45, 7) is -0.507. The first-order valence-corrected chi connectivity index (χ1v) is 7.41. The highest BCUT2D eigenvalue weighted by Crippen LogP contribution is 2.22. The van der Waals surface area contributed by atoms with Crippen LogP contribution in [0.4, 0.5) is 10.2 Å². The van der Waals surface area contributed by atoms with E-state index in [1.807, 2.05) is 0 Å². The minimum Gasteiger partial charge on any atom is -0.452 e. The molecular formula is C16H11Cl2FN2O3. The van der Waals surface area contributed by atoms with Crippen LogP contribution in [-0.4, -0.2) is 23.5 Å². The van der Waals surface area contributed by atoms with Crippen molar-refractivity contribution >= 4 is 47.0 Å². The van der Waals surface area contributed by atoms with Crippen molar-refractivity contribution in [2.75, 3.05) is 11.9 Å². The van der Waals surface area contributed by atoms with Crippen molar-refractivity contribution in [1.82, 2.24) is 4.98 Å². The van der Waals surface area contributed by atoms with Crippen molar-refractivity contribution in [3.05, 3.63) is 64.0 Å². The first kappa shape index (κ1) is 17.9. The van der Waals surface area contributed by atoms with E-state index < -0.39 is 18.5 Å². The van der Waals surface area contributed by atoms with E-state index >= 15 is 0 Å². The monoisotopic (exact) mass is 368 g/mol. The maximum absolute atomic E-state index is 12.7. The molecule has 0 aliphatic carbocycles. The van der Waals surface area contributed by atoms with Crippen molar-refractivity contribution in [3.8, 4) is 0 Å². The van der Waals surface area contributed by atoms with E-state index in [-0.39, 0.29) is 16.7 Å². The summed E-state index contributed by atoms with van der Waals surface area (Å²) in [6, 6.07) is 6.95. The molecule has 24 heavy (non-hydrogen) atoms. The van der Waals surface area contributed by atoms with E-state index in [0.29, 0.717) is 10.6 Å². The maximum Gasteiger partial charge on any atom is 0.331 e. The molecule has 0 aliphatic heterocycles. The number of halogens is 3. The molecule has 1 heterocycles. The largest absolute Gasteiger partial charge is 0.452 e. The zero-order valence-corrected chi connectivity index (χ0v) is 13.6. The highest BCUT2D eigenvalue weighted by Gasteiger charge is 2.09. The summed E-state index contributed by atoms with van der Waals surface area (Å²) >= 11 is 11.6. The Morgan fingerprint density at radius 3 is 2.62 bits per heavy atom. The molecule has 0 saturated carbocycles. The second-order valence-corrected chi connectivity index (χ2v) is 5.37. The van der Waals surface area contributed by atoms with E-state index in [2.05, 4.69) is 10.3 Å². The van der Waals surface area contributed by atoms with Gasteiger partial charge in [-0.3, -0.25) is 4.79 Å². The number of nitrogens with one attached hydrogen (secondary N) is 1. The first-order valence-electron chi connectivity index (χ1n) is 6.65. The van der Waals surface area contributed by atoms with Crippen LogP contribution in [-0.2, 0) is 14.3 Å². The Morgan fingerprint density at radius 2 is 1.96 bits per heavy atom. The predicted molar refractivity (Wildman–Crippen MR) is 89.3 cm³/mol. The van der Waals surface area contributed by atoms with Crippen molar-refractivity contribution in [1.29, 1.82) is 0 Å². The molecular weight excluding hydrogens is 358 g/mol. The molecule has 8 heteroatoms. The van der Waals surface area contributed by atoms with Gasteiger partial charge in [-0.1, -0.05) is 35.3 Å². The van der Waals surface area contributed by atoms with E-state index in [1.165, 1.54) is 42.6 Å². The average Bonchev–Trinajstić information content (AvgIpc) is 2.55. The third kappa shape index (κ3) is 5.64. The quantitative estimate of drug-likeness (QED) is 0.644. The Bertz CT molecular complexity index is 779. The van der Waals surface area contributed by atoms with Crippen LogP contribution in [0.15, 0.2) is 42.6 Å². The first-order chi connectivity index (χ1) is 11.4. The van der Waals surface area contributed by atoms with Crippen molar-refractivity contribution < 1.29 is 18.7 Å². The van der Waals surface area contributed by atoms with E-state index in [1.54, 1.807) is 0 Å². The van der Waals surface area contributed by atoms with Gasteiger partial charge in [0, 0.05) is 12.3 Å². The molecule has 5 nitrogen and oxygen atoms in total. The molecule has 1 aromatic carbocycles. The molecule has 0 aliphatic rings. The number of pyridine rings is 1. The third-order valence-corrected chi connectivity index (χ3v) is 3.19. The number of carbonyl (C=O) groups excluding carboxylic acids is 2. The number of hydrogen-bond acceptors (Lipinski definition) is 4. The number of rotatable bonds is 5. The summed E-state index contributed by atoms with van der Waals surface area (Å²) in [5.41, 5.74) is 0.620. The van der Waals surface area contributed by atoms with Gasteiger partial charge in [-0.25, -0.2) is 14.2 Å². The van der Waals surface area contributed by atoms with E-state index in [4.69, 9.17) is 27.9 Å². The van der Waals surface area contributed by atoms with Gasteiger partial charge < -0.3 is 10.1 Å². The minimum absolute atomic E-state index is 0.115. The van der Waals surface area contributed by atoms with Crippen molar-refractivity contribution in [2.24, 2.45) is 0 Å². The number of anilines is 1. The molecule has 0 spiro atoms. The molecule has 0 saturated heterocycles. The zero-order valence-electron chi connectivity index (χ0n) is 12.1. The number of esters is 1. The lowest BCUT2D eigenvalue weighted by molar-refractivity contribution is -0.142. The van der Waals surface area contributed by atoms with Crippen LogP contribution in [0.3, 0.4) is 0 Å². The van der Waals surface area contributed by atoms with Crippen LogP contribution in [0.25, 0.3) is 6.08 Å². The highest BCUT2D eigenvalue weighted by molar-refractivity contribution is 6.36. The summed E-state index contributed by atoms with van der Waals surface area (Å²) in [7, 11) is 0. The van der Waals surface area contributed by atoms with Crippen molar-refractivity contribution in [2.45, 2.75) is 0 Å². The lowest BCUT2D eigenvalue weighted by Crippen LogP contribution is -2.20. The van der Waals surface area contributed by atoms with Crippen LogP contribution in [0.1, 0.15) is 5.56 Å². The summed E-state index contributed by atoms with van der Waals surface area (Å²) in [5, 5.41) is 2.88. The molecule has 124 valence electrons. The number of aromatic nitrogens is 1. The Balaban J connectivity index is 1.82. The number of carbonyl (C=O) groups is 2. The molecule has 1 amide bonds. The van der Waals surface area contributed by atoms with Gasteiger partial charge in [0.05, 0.1) is 10.0 Å². The second kappa shape index (κ2) is 8.42. The van der Waals surface area contributed by atoms with Crippen LogP contribution in [0.5, 0.6) is 0 Å². The Hall–Kier alpha value is -2.44. The Morgan fingerprint density at radius 1 is 1.25 bits per heavy atom.